The van der Waals surface area contributed by atoms with E-state index in [0.29, 0.717) is 19.7 Å². The third-order valence-electron chi connectivity index (χ3n) is 4.38. The first-order valence-corrected chi connectivity index (χ1v) is 8.25. The summed E-state index contributed by atoms with van der Waals surface area (Å²) in [5.74, 6) is 0.106. The lowest BCUT2D eigenvalue weighted by Crippen LogP contribution is -2.49. The maximum absolute atomic E-state index is 12.3. The predicted octanol–water partition coefficient (Wildman–Crippen LogP) is 1.98. The molecule has 2 heterocycles. The summed E-state index contributed by atoms with van der Waals surface area (Å²) in [4.78, 5) is 26.1. The van der Waals surface area contributed by atoms with Crippen molar-refractivity contribution < 1.29 is 14.3 Å². The lowest BCUT2D eigenvalue weighted by molar-refractivity contribution is -0.142. The number of carbonyl (C=O) groups is 2. The molecule has 0 aliphatic carbocycles. The number of para-hydroxylation sites is 1. The lowest BCUT2D eigenvalue weighted by Gasteiger charge is -2.33. The quantitative estimate of drug-likeness (QED) is 0.895. The highest BCUT2D eigenvalue weighted by Gasteiger charge is 2.31. The molecule has 1 aromatic carbocycles. The maximum Gasteiger partial charge on any atom is 0.319 e. The van der Waals surface area contributed by atoms with Crippen molar-refractivity contribution in [2.24, 2.45) is 0 Å². The number of likely N-dealkylation sites (tertiary alicyclic amines) is 1. The number of rotatable bonds is 3. The Morgan fingerprint density at radius 2 is 1.83 bits per heavy atom. The van der Waals surface area contributed by atoms with E-state index in [9.17, 15) is 9.59 Å². The van der Waals surface area contributed by atoms with Gasteiger partial charge in [0.1, 0.15) is 6.10 Å². The number of nitrogens with zero attached hydrogens (tertiary/aromatic N) is 1. The highest BCUT2D eigenvalue weighted by atomic mass is 16.5. The van der Waals surface area contributed by atoms with Crippen molar-refractivity contribution in [3.8, 4) is 0 Å². The van der Waals surface area contributed by atoms with Crippen LogP contribution in [-0.4, -0.2) is 48.7 Å². The van der Waals surface area contributed by atoms with Crippen LogP contribution in [0, 0.1) is 0 Å². The maximum atomic E-state index is 12.3. The predicted molar refractivity (Wildman–Crippen MR) is 87.2 cm³/mol. The van der Waals surface area contributed by atoms with Gasteiger partial charge in [-0.05, 0) is 37.8 Å². The summed E-state index contributed by atoms with van der Waals surface area (Å²) in [6.45, 7) is 2.04. The molecule has 6 heteroatoms. The number of benzene rings is 1. The average Bonchev–Trinajstić information content (AvgIpc) is 3.10. The first-order valence-electron chi connectivity index (χ1n) is 8.25. The smallest absolute Gasteiger partial charge is 0.319 e. The molecular formula is C17H23N3O3. The second-order valence-electron chi connectivity index (χ2n) is 6.07. The summed E-state index contributed by atoms with van der Waals surface area (Å²) >= 11 is 0. The molecule has 2 aliphatic rings. The Morgan fingerprint density at radius 3 is 2.48 bits per heavy atom. The van der Waals surface area contributed by atoms with Crippen LogP contribution < -0.4 is 10.6 Å². The molecule has 0 radical (unpaired) electrons. The number of hydrogen-bond acceptors (Lipinski definition) is 3. The Bertz CT molecular complexity index is 535. The van der Waals surface area contributed by atoms with Gasteiger partial charge in [0.2, 0.25) is 0 Å². The number of amides is 3. The Kier molecular flexibility index (Phi) is 5.12. The number of anilines is 1. The Hall–Kier alpha value is -2.08. The van der Waals surface area contributed by atoms with Gasteiger partial charge in [0.05, 0.1) is 0 Å². The highest BCUT2D eigenvalue weighted by molar-refractivity contribution is 5.89. The van der Waals surface area contributed by atoms with Crippen LogP contribution in [0.1, 0.15) is 25.7 Å². The summed E-state index contributed by atoms with van der Waals surface area (Å²) in [6, 6.07) is 9.28. The number of piperidine rings is 1. The molecule has 0 aromatic heterocycles. The molecule has 2 aliphatic heterocycles. The zero-order valence-corrected chi connectivity index (χ0v) is 13.2. The van der Waals surface area contributed by atoms with Crippen molar-refractivity contribution in [2.45, 2.75) is 37.8 Å². The van der Waals surface area contributed by atoms with Crippen LogP contribution >= 0.6 is 0 Å². The third kappa shape index (κ3) is 4.22. The van der Waals surface area contributed by atoms with Gasteiger partial charge >= 0.3 is 6.03 Å². The van der Waals surface area contributed by atoms with Crippen molar-refractivity contribution in [3.63, 3.8) is 0 Å². The summed E-state index contributed by atoms with van der Waals surface area (Å²) in [7, 11) is 0. The fraction of sp³-hybridized carbons (Fsp3) is 0.529. The molecule has 0 spiro atoms. The minimum Gasteiger partial charge on any atom is -0.368 e. The zero-order chi connectivity index (χ0) is 16.1. The molecule has 1 atom stereocenters. The van der Waals surface area contributed by atoms with Gasteiger partial charge in [0, 0.05) is 31.4 Å². The van der Waals surface area contributed by atoms with Crippen molar-refractivity contribution in [1.82, 2.24) is 10.2 Å². The van der Waals surface area contributed by atoms with Crippen LogP contribution in [0.5, 0.6) is 0 Å². The van der Waals surface area contributed by atoms with Gasteiger partial charge in [-0.25, -0.2) is 4.79 Å². The van der Waals surface area contributed by atoms with E-state index in [1.165, 1.54) is 0 Å². The topological polar surface area (TPSA) is 70.7 Å². The van der Waals surface area contributed by atoms with E-state index in [1.54, 1.807) is 0 Å². The van der Waals surface area contributed by atoms with Gasteiger partial charge in [-0.1, -0.05) is 18.2 Å². The highest BCUT2D eigenvalue weighted by Crippen LogP contribution is 2.18. The summed E-state index contributed by atoms with van der Waals surface area (Å²) < 4.78 is 5.45. The SMILES string of the molecule is O=C(Nc1ccccc1)NC1CCN(C(=O)C2CCCO2)CC1. The Balaban J connectivity index is 1.42. The van der Waals surface area contributed by atoms with Crippen LogP contribution in [0.2, 0.25) is 0 Å². The van der Waals surface area contributed by atoms with Gasteiger partial charge in [0.15, 0.2) is 0 Å². The van der Waals surface area contributed by atoms with Crippen LogP contribution in [0.3, 0.4) is 0 Å². The Labute approximate surface area is 136 Å². The van der Waals surface area contributed by atoms with Crippen molar-refractivity contribution in [3.05, 3.63) is 30.3 Å². The van der Waals surface area contributed by atoms with Crippen LogP contribution in [-0.2, 0) is 9.53 Å². The molecule has 6 nitrogen and oxygen atoms in total. The van der Waals surface area contributed by atoms with Crippen molar-refractivity contribution in [1.29, 1.82) is 0 Å². The minimum atomic E-state index is -0.249. The fourth-order valence-electron chi connectivity index (χ4n) is 3.09. The van der Waals surface area contributed by atoms with Crippen molar-refractivity contribution >= 4 is 17.6 Å². The molecule has 3 rings (SSSR count). The van der Waals surface area contributed by atoms with E-state index in [2.05, 4.69) is 10.6 Å². The second kappa shape index (κ2) is 7.46. The lowest BCUT2D eigenvalue weighted by atomic mass is 10.0. The van der Waals surface area contributed by atoms with Crippen molar-refractivity contribution in [2.75, 3.05) is 25.0 Å². The second-order valence-corrected chi connectivity index (χ2v) is 6.07. The number of ether oxygens (including phenoxy) is 1. The molecule has 23 heavy (non-hydrogen) atoms. The molecule has 124 valence electrons. The minimum absolute atomic E-state index is 0.104. The van der Waals surface area contributed by atoms with Gasteiger partial charge in [-0.3, -0.25) is 4.79 Å². The number of carbonyl (C=O) groups excluding carboxylic acids is 2. The van der Waals surface area contributed by atoms with Crippen LogP contribution in [0.25, 0.3) is 0 Å². The van der Waals surface area contributed by atoms with E-state index in [-0.39, 0.29) is 24.1 Å². The van der Waals surface area contributed by atoms with Gasteiger partial charge in [0.25, 0.3) is 5.91 Å². The molecule has 1 aromatic rings. The summed E-state index contributed by atoms with van der Waals surface area (Å²) in [6.07, 6.45) is 3.10. The first-order chi connectivity index (χ1) is 11.2. The number of hydrogen-bond donors (Lipinski definition) is 2. The van der Waals surface area contributed by atoms with E-state index >= 15 is 0 Å². The van der Waals surface area contributed by atoms with E-state index in [1.807, 2.05) is 35.2 Å². The number of urea groups is 1. The van der Waals surface area contributed by atoms with E-state index < -0.39 is 0 Å². The third-order valence-corrected chi connectivity index (χ3v) is 4.38. The molecule has 2 fully saturated rings. The summed E-state index contributed by atoms with van der Waals surface area (Å²) in [5.41, 5.74) is 0.774. The zero-order valence-electron chi connectivity index (χ0n) is 13.2. The largest absolute Gasteiger partial charge is 0.368 e. The molecule has 1 unspecified atom stereocenters. The summed E-state index contributed by atoms with van der Waals surface area (Å²) in [5, 5.41) is 5.79. The first kappa shape index (κ1) is 15.8. The van der Waals surface area contributed by atoms with Gasteiger partial charge < -0.3 is 20.3 Å². The van der Waals surface area contributed by atoms with Crippen LogP contribution in [0.4, 0.5) is 10.5 Å². The molecule has 3 amide bonds. The Morgan fingerprint density at radius 1 is 1.09 bits per heavy atom. The monoisotopic (exact) mass is 317 g/mol. The molecule has 2 saturated heterocycles. The van der Waals surface area contributed by atoms with E-state index in [4.69, 9.17) is 4.74 Å². The normalized spacial score (nSPS) is 21.9. The van der Waals surface area contributed by atoms with E-state index in [0.717, 1.165) is 31.4 Å². The average molecular weight is 317 g/mol. The molecule has 0 saturated carbocycles. The molecule has 2 N–H and O–H groups in total. The molecule has 0 bridgehead atoms. The van der Waals surface area contributed by atoms with Gasteiger partial charge in [-0.2, -0.15) is 0 Å². The van der Waals surface area contributed by atoms with Gasteiger partial charge in [-0.15, -0.1) is 0 Å². The fourth-order valence-corrected chi connectivity index (χ4v) is 3.09. The number of nitrogens with one attached hydrogen (secondary N) is 2. The standard InChI is InChI=1S/C17H23N3O3/c21-16(15-7-4-12-23-15)20-10-8-14(9-11-20)19-17(22)18-13-5-2-1-3-6-13/h1-3,5-6,14-15H,4,7-12H2,(H2,18,19,22). The van der Waals surface area contributed by atoms with Crippen LogP contribution in [0.15, 0.2) is 30.3 Å². The molecular weight excluding hydrogens is 294 g/mol.